The fourth-order valence-electron chi connectivity index (χ4n) is 3.42. The maximum absolute atomic E-state index is 12.9. The molecule has 1 atom stereocenters. The van der Waals surface area contributed by atoms with Crippen molar-refractivity contribution in [2.45, 2.75) is 58.9 Å². The molecule has 1 fully saturated rings. The number of amides is 3. The predicted molar refractivity (Wildman–Crippen MR) is 107 cm³/mol. The Balaban J connectivity index is 1.84. The van der Waals surface area contributed by atoms with Crippen LogP contribution >= 0.6 is 0 Å². The molecule has 2 N–H and O–H groups in total. The highest BCUT2D eigenvalue weighted by Gasteiger charge is 2.33. The van der Waals surface area contributed by atoms with Gasteiger partial charge in [0.05, 0.1) is 6.26 Å². The molecule has 0 bridgehead atoms. The quantitative estimate of drug-likeness (QED) is 0.633. The Hall–Kier alpha value is -2.31. The van der Waals surface area contributed by atoms with Gasteiger partial charge in [-0.2, -0.15) is 0 Å². The zero-order chi connectivity index (χ0) is 20.5. The van der Waals surface area contributed by atoms with Crippen LogP contribution in [0, 0.1) is 11.8 Å². The highest BCUT2D eigenvalue weighted by molar-refractivity contribution is 5.95. The zero-order valence-corrected chi connectivity index (χ0v) is 17.2. The minimum atomic E-state index is -0.614. The molecule has 2 heterocycles. The Morgan fingerprint density at radius 3 is 2.50 bits per heavy atom. The summed E-state index contributed by atoms with van der Waals surface area (Å²) in [6.07, 6.45) is 5.99. The Morgan fingerprint density at radius 2 is 1.93 bits per heavy atom. The van der Waals surface area contributed by atoms with E-state index in [0.29, 0.717) is 25.9 Å². The summed E-state index contributed by atoms with van der Waals surface area (Å²) in [4.78, 5) is 39.2. The molecule has 1 unspecified atom stereocenters. The van der Waals surface area contributed by atoms with E-state index in [2.05, 4.69) is 17.6 Å². The summed E-state index contributed by atoms with van der Waals surface area (Å²) in [7, 11) is 0. The maximum atomic E-state index is 12.9. The lowest BCUT2D eigenvalue weighted by molar-refractivity contribution is -0.138. The van der Waals surface area contributed by atoms with Crippen molar-refractivity contribution < 1.29 is 18.8 Å². The van der Waals surface area contributed by atoms with Gasteiger partial charge in [0.15, 0.2) is 5.76 Å². The molecular formula is C21H33N3O4. The summed E-state index contributed by atoms with van der Waals surface area (Å²) in [5, 5.41) is 5.79. The largest absolute Gasteiger partial charge is 0.459 e. The van der Waals surface area contributed by atoms with E-state index in [-0.39, 0.29) is 29.4 Å². The van der Waals surface area contributed by atoms with E-state index in [1.165, 1.54) is 6.26 Å². The lowest BCUT2D eigenvalue weighted by Gasteiger charge is -2.34. The number of likely N-dealkylation sites (tertiary alicyclic amines) is 1. The van der Waals surface area contributed by atoms with Crippen LogP contribution in [-0.2, 0) is 9.59 Å². The van der Waals surface area contributed by atoms with Crippen molar-refractivity contribution >= 4 is 17.7 Å². The van der Waals surface area contributed by atoms with Gasteiger partial charge < -0.3 is 20.0 Å². The molecule has 0 aromatic carbocycles. The van der Waals surface area contributed by atoms with Crippen molar-refractivity contribution in [2.75, 3.05) is 19.6 Å². The second kappa shape index (κ2) is 10.9. The molecule has 0 saturated carbocycles. The first-order valence-electron chi connectivity index (χ1n) is 10.3. The monoisotopic (exact) mass is 391 g/mol. The highest BCUT2D eigenvalue weighted by Crippen LogP contribution is 2.19. The third-order valence-corrected chi connectivity index (χ3v) is 5.22. The molecule has 156 valence electrons. The smallest absolute Gasteiger partial charge is 0.287 e. The fourth-order valence-corrected chi connectivity index (χ4v) is 3.42. The van der Waals surface area contributed by atoms with Crippen LogP contribution in [0.3, 0.4) is 0 Å². The van der Waals surface area contributed by atoms with E-state index >= 15 is 0 Å². The number of nitrogens with one attached hydrogen (secondary N) is 2. The van der Waals surface area contributed by atoms with Crippen LogP contribution in [0.4, 0.5) is 0 Å². The average molecular weight is 392 g/mol. The number of rotatable bonds is 9. The van der Waals surface area contributed by atoms with Gasteiger partial charge in [-0.05, 0) is 37.3 Å². The fraction of sp³-hybridized carbons (Fsp3) is 0.667. The minimum Gasteiger partial charge on any atom is -0.459 e. The molecule has 1 aromatic rings. The van der Waals surface area contributed by atoms with Crippen LogP contribution in [-0.4, -0.2) is 48.3 Å². The highest BCUT2D eigenvalue weighted by atomic mass is 16.3. The molecule has 7 heteroatoms. The van der Waals surface area contributed by atoms with E-state index in [9.17, 15) is 14.4 Å². The maximum Gasteiger partial charge on any atom is 0.287 e. The van der Waals surface area contributed by atoms with Gasteiger partial charge in [-0.1, -0.05) is 33.6 Å². The van der Waals surface area contributed by atoms with Crippen LogP contribution in [0.1, 0.15) is 63.4 Å². The number of hydrogen-bond acceptors (Lipinski definition) is 4. The standard InChI is InChI=1S/C21H33N3O4/c1-4-5-6-11-22-19(25)16-9-12-24(13-10-16)21(27)18(15(2)3)23-20(26)17-8-7-14-28-17/h7-8,14-16,18H,4-6,9-13H2,1-3H3,(H,22,25)(H,23,26). The molecule has 2 rings (SSSR count). The van der Waals surface area contributed by atoms with Gasteiger partial charge in [-0.25, -0.2) is 0 Å². The Morgan fingerprint density at radius 1 is 1.21 bits per heavy atom. The predicted octanol–water partition coefficient (Wildman–Crippen LogP) is 2.58. The van der Waals surface area contributed by atoms with E-state index in [0.717, 1.165) is 25.8 Å². The molecule has 3 amide bonds. The van der Waals surface area contributed by atoms with Gasteiger partial charge >= 0.3 is 0 Å². The molecule has 1 saturated heterocycles. The first-order chi connectivity index (χ1) is 13.4. The van der Waals surface area contributed by atoms with E-state index in [4.69, 9.17) is 4.42 Å². The molecule has 28 heavy (non-hydrogen) atoms. The van der Waals surface area contributed by atoms with Gasteiger partial charge in [0.2, 0.25) is 11.8 Å². The normalized spacial score (nSPS) is 16.1. The van der Waals surface area contributed by atoms with Crippen LogP contribution in [0.15, 0.2) is 22.8 Å². The third-order valence-electron chi connectivity index (χ3n) is 5.22. The van der Waals surface area contributed by atoms with Gasteiger partial charge in [0, 0.05) is 25.6 Å². The first-order valence-corrected chi connectivity index (χ1v) is 10.3. The Kier molecular flexibility index (Phi) is 8.54. The van der Waals surface area contributed by atoms with Crippen LogP contribution < -0.4 is 10.6 Å². The molecule has 1 aromatic heterocycles. The molecule has 1 aliphatic rings. The van der Waals surface area contributed by atoms with E-state index in [1.54, 1.807) is 17.0 Å². The van der Waals surface area contributed by atoms with Crippen LogP contribution in [0.5, 0.6) is 0 Å². The van der Waals surface area contributed by atoms with Crippen molar-refractivity contribution in [3.05, 3.63) is 24.2 Å². The van der Waals surface area contributed by atoms with E-state index in [1.807, 2.05) is 13.8 Å². The van der Waals surface area contributed by atoms with Crippen molar-refractivity contribution in [3.8, 4) is 0 Å². The van der Waals surface area contributed by atoms with Crippen molar-refractivity contribution in [1.29, 1.82) is 0 Å². The Bertz CT molecular complexity index is 634. The number of piperidine rings is 1. The number of carbonyl (C=O) groups is 3. The summed E-state index contributed by atoms with van der Waals surface area (Å²) in [6.45, 7) is 7.73. The van der Waals surface area contributed by atoms with Gasteiger partial charge in [-0.15, -0.1) is 0 Å². The number of nitrogens with zero attached hydrogens (tertiary/aromatic N) is 1. The SMILES string of the molecule is CCCCCNC(=O)C1CCN(C(=O)C(NC(=O)c2ccco2)C(C)C)CC1. The number of hydrogen-bond donors (Lipinski definition) is 2. The summed E-state index contributed by atoms with van der Waals surface area (Å²) < 4.78 is 5.11. The van der Waals surface area contributed by atoms with Gasteiger partial charge in [0.1, 0.15) is 6.04 Å². The lowest BCUT2D eigenvalue weighted by Crippen LogP contribution is -2.53. The second-order valence-electron chi connectivity index (χ2n) is 7.77. The molecule has 0 spiro atoms. The second-order valence-corrected chi connectivity index (χ2v) is 7.77. The summed E-state index contributed by atoms with van der Waals surface area (Å²) >= 11 is 0. The average Bonchev–Trinajstić information content (AvgIpc) is 3.23. The number of carbonyl (C=O) groups excluding carboxylic acids is 3. The van der Waals surface area contributed by atoms with Crippen molar-refractivity contribution in [3.63, 3.8) is 0 Å². The van der Waals surface area contributed by atoms with Crippen LogP contribution in [0.25, 0.3) is 0 Å². The molecule has 0 radical (unpaired) electrons. The molecular weight excluding hydrogens is 358 g/mol. The lowest BCUT2D eigenvalue weighted by atomic mass is 9.94. The molecule has 7 nitrogen and oxygen atoms in total. The molecule has 1 aliphatic heterocycles. The topological polar surface area (TPSA) is 91.7 Å². The van der Waals surface area contributed by atoms with Crippen LogP contribution in [0.2, 0.25) is 0 Å². The van der Waals surface area contributed by atoms with Gasteiger partial charge in [0.25, 0.3) is 5.91 Å². The zero-order valence-electron chi connectivity index (χ0n) is 17.2. The minimum absolute atomic E-state index is 0.0408. The Labute approximate surface area is 167 Å². The number of furan rings is 1. The molecule has 0 aliphatic carbocycles. The summed E-state index contributed by atoms with van der Waals surface area (Å²) in [6, 6.07) is 2.60. The first kappa shape index (κ1) is 22.0. The van der Waals surface area contributed by atoms with Crippen molar-refractivity contribution in [2.24, 2.45) is 11.8 Å². The number of unbranched alkanes of at least 4 members (excludes halogenated alkanes) is 2. The third kappa shape index (κ3) is 6.11. The van der Waals surface area contributed by atoms with E-state index < -0.39 is 11.9 Å². The summed E-state index contributed by atoms with van der Waals surface area (Å²) in [5.41, 5.74) is 0. The van der Waals surface area contributed by atoms with Gasteiger partial charge in [-0.3, -0.25) is 14.4 Å². The van der Waals surface area contributed by atoms with Crippen molar-refractivity contribution in [1.82, 2.24) is 15.5 Å². The summed E-state index contributed by atoms with van der Waals surface area (Å²) in [5.74, 6) is -0.298.